The third-order valence-corrected chi connectivity index (χ3v) is 5.57. The van der Waals surface area contributed by atoms with E-state index in [1.165, 1.54) is 0 Å². The van der Waals surface area contributed by atoms with Gasteiger partial charge in [-0.3, -0.25) is 9.78 Å². The van der Waals surface area contributed by atoms with Crippen LogP contribution in [0.2, 0.25) is 0 Å². The number of halogens is 6. The second-order valence-corrected chi connectivity index (χ2v) is 8.73. The van der Waals surface area contributed by atoms with Crippen LogP contribution in [-0.2, 0) is 14.3 Å². The summed E-state index contributed by atoms with van der Waals surface area (Å²) in [5.41, 5.74) is 1.23. The second-order valence-electron chi connectivity index (χ2n) is 8.73. The number of piperidine rings is 1. The van der Waals surface area contributed by atoms with Gasteiger partial charge in [0.15, 0.2) is 0 Å². The first kappa shape index (κ1) is 32.3. The second kappa shape index (κ2) is 13.4. The quantitative estimate of drug-likeness (QED) is 0.517. The van der Waals surface area contributed by atoms with Crippen LogP contribution in [0.3, 0.4) is 0 Å². The van der Waals surface area contributed by atoms with E-state index in [-0.39, 0.29) is 17.6 Å². The molecular formula is C24H25F6N3O7. The molecule has 2 aromatic heterocycles. The van der Waals surface area contributed by atoms with E-state index in [0.29, 0.717) is 24.6 Å². The van der Waals surface area contributed by atoms with E-state index in [4.69, 9.17) is 29.3 Å². The number of nitrogens with zero attached hydrogens (tertiary/aromatic N) is 3. The number of ether oxygens (including phenoxy) is 2. The highest BCUT2D eigenvalue weighted by Gasteiger charge is 2.45. The SMILES string of the molecule is Cc1ccc(C(=O)N2CCC[C@]3(C[C@@H](Oc4ccccn4)CO3)C2)cn1.O=C(O)C(F)(F)F.O=C(O)C(F)(F)F. The molecule has 0 bridgehead atoms. The highest BCUT2D eigenvalue weighted by atomic mass is 19.4. The van der Waals surface area contributed by atoms with E-state index in [1.54, 1.807) is 12.4 Å². The molecule has 1 spiro atoms. The molecule has 2 aliphatic rings. The Balaban J connectivity index is 0.000000333. The molecule has 2 aromatic rings. The van der Waals surface area contributed by atoms with Gasteiger partial charge in [-0.1, -0.05) is 6.07 Å². The maximum atomic E-state index is 12.8. The smallest absolute Gasteiger partial charge is 0.475 e. The number of amides is 1. The maximum absolute atomic E-state index is 12.8. The number of carboxylic acids is 2. The predicted molar refractivity (Wildman–Crippen MR) is 123 cm³/mol. The first-order valence-corrected chi connectivity index (χ1v) is 11.6. The van der Waals surface area contributed by atoms with Crippen molar-refractivity contribution >= 4 is 17.8 Å². The number of hydrogen-bond donors (Lipinski definition) is 2. The number of rotatable bonds is 3. The predicted octanol–water partition coefficient (Wildman–Crippen LogP) is 3.89. The van der Waals surface area contributed by atoms with Gasteiger partial charge in [0, 0.05) is 37.1 Å². The number of pyridine rings is 2. The minimum Gasteiger partial charge on any atom is -0.475 e. The number of aryl methyl sites for hydroxylation is 1. The average molecular weight is 581 g/mol. The molecule has 2 N–H and O–H groups in total. The van der Waals surface area contributed by atoms with Crippen LogP contribution in [-0.4, -0.2) is 86.7 Å². The van der Waals surface area contributed by atoms with Crippen LogP contribution >= 0.6 is 0 Å². The fraction of sp³-hybridized carbons (Fsp3) is 0.458. The molecule has 2 aliphatic heterocycles. The summed E-state index contributed by atoms with van der Waals surface area (Å²) in [5.74, 6) is -4.87. The van der Waals surface area contributed by atoms with Crippen LogP contribution in [0.1, 0.15) is 35.3 Å². The molecule has 16 heteroatoms. The maximum Gasteiger partial charge on any atom is 0.490 e. The fourth-order valence-corrected chi connectivity index (χ4v) is 3.80. The number of likely N-dealkylation sites (tertiary alicyclic amines) is 1. The monoisotopic (exact) mass is 581 g/mol. The van der Waals surface area contributed by atoms with Gasteiger partial charge >= 0.3 is 24.3 Å². The van der Waals surface area contributed by atoms with Crippen molar-refractivity contribution in [3.63, 3.8) is 0 Å². The zero-order valence-electron chi connectivity index (χ0n) is 20.9. The Morgan fingerprint density at radius 3 is 2.15 bits per heavy atom. The lowest BCUT2D eigenvalue weighted by Crippen LogP contribution is -2.50. The number of hydrogen-bond acceptors (Lipinski definition) is 7. The van der Waals surface area contributed by atoms with Crippen LogP contribution in [0.5, 0.6) is 5.88 Å². The Morgan fingerprint density at radius 1 is 1.02 bits per heavy atom. The fourth-order valence-electron chi connectivity index (χ4n) is 3.80. The molecule has 2 saturated heterocycles. The Morgan fingerprint density at radius 2 is 1.65 bits per heavy atom. The topological polar surface area (TPSA) is 139 Å². The average Bonchev–Trinajstić information content (AvgIpc) is 3.25. The van der Waals surface area contributed by atoms with E-state index in [2.05, 4.69) is 9.97 Å². The first-order valence-electron chi connectivity index (χ1n) is 11.6. The van der Waals surface area contributed by atoms with Crippen molar-refractivity contribution in [3.05, 3.63) is 54.0 Å². The molecule has 4 rings (SSSR count). The summed E-state index contributed by atoms with van der Waals surface area (Å²) < 4.78 is 75.6. The molecule has 0 unspecified atom stereocenters. The normalized spacial score (nSPS) is 20.5. The van der Waals surface area contributed by atoms with Crippen LogP contribution in [0.4, 0.5) is 26.3 Å². The number of aliphatic carboxylic acids is 2. The Bertz CT molecular complexity index is 1120. The van der Waals surface area contributed by atoms with Crippen molar-refractivity contribution in [1.82, 2.24) is 14.9 Å². The number of carbonyl (C=O) groups is 3. The molecule has 2 atom stereocenters. The summed E-state index contributed by atoms with van der Waals surface area (Å²) in [6, 6.07) is 9.34. The molecule has 0 aromatic carbocycles. The zero-order valence-corrected chi connectivity index (χ0v) is 20.9. The van der Waals surface area contributed by atoms with Gasteiger partial charge in [-0.2, -0.15) is 26.3 Å². The molecule has 40 heavy (non-hydrogen) atoms. The number of aromatic nitrogens is 2. The van der Waals surface area contributed by atoms with E-state index in [9.17, 15) is 31.1 Å². The van der Waals surface area contributed by atoms with Crippen molar-refractivity contribution in [3.8, 4) is 5.88 Å². The van der Waals surface area contributed by atoms with Gasteiger partial charge in [0.2, 0.25) is 5.88 Å². The molecule has 4 heterocycles. The van der Waals surface area contributed by atoms with Crippen LogP contribution in [0, 0.1) is 6.92 Å². The zero-order chi connectivity index (χ0) is 30.1. The molecule has 0 radical (unpaired) electrons. The lowest BCUT2D eigenvalue weighted by Gasteiger charge is -2.39. The standard InChI is InChI=1S/C20H23N3O3.2C2HF3O2/c1-15-6-7-16(12-22-15)19(24)23-10-4-8-20(14-23)11-17(13-25-20)26-18-5-2-3-9-21-18;2*3-2(4,5)1(6)7/h2-3,5-7,9,12,17H,4,8,10-11,13-14H2,1H3;2*(H,6,7)/t17-,20+;;/m1../s1. The number of carbonyl (C=O) groups excluding carboxylic acids is 1. The summed E-state index contributed by atoms with van der Waals surface area (Å²) in [6.45, 7) is 3.80. The van der Waals surface area contributed by atoms with Gasteiger partial charge in [0.05, 0.1) is 24.3 Å². The van der Waals surface area contributed by atoms with Crippen molar-refractivity contribution in [2.45, 2.75) is 50.2 Å². The van der Waals surface area contributed by atoms with Gasteiger partial charge in [-0.25, -0.2) is 14.6 Å². The summed E-state index contributed by atoms with van der Waals surface area (Å²) in [4.78, 5) is 40.9. The molecule has 0 aliphatic carbocycles. The number of carboxylic acid groups (broad SMARTS) is 2. The van der Waals surface area contributed by atoms with Crippen molar-refractivity contribution < 1.29 is 60.4 Å². The van der Waals surface area contributed by atoms with Gasteiger partial charge in [0.25, 0.3) is 5.91 Å². The minimum atomic E-state index is -5.08. The molecule has 0 saturated carbocycles. The lowest BCUT2D eigenvalue weighted by atomic mass is 9.89. The van der Waals surface area contributed by atoms with Gasteiger partial charge in [0.1, 0.15) is 6.10 Å². The van der Waals surface area contributed by atoms with Crippen molar-refractivity contribution in [1.29, 1.82) is 0 Å². The molecule has 220 valence electrons. The summed E-state index contributed by atoms with van der Waals surface area (Å²) >= 11 is 0. The minimum absolute atomic E-state index is 0.0225. The van der Waals surface area contributed by atoms with Crippen LogP contribution in [0.25, 0.3) is 0 Å². The van der Waals surface area contributed by atoms with E-state index in [1.807, 2.05) is 42.2 Å². The molecule has 10 nitrogen and oxygen atoms in total. The summed E-state index contributed by atoms with van der Waals surface area (Å²) in [7, 11) is 0. The molecular weight excluding hydrogens is 556 g/mol. The Labute approximate surface area is 223 Å². The Hall–Kier alpha value is -3.95. The van der Waals surface area contributed by atoms with E-state index in [0.717, 1.165) is 31.5 Å². The third-order valence-electron chi connectivity index (χ3n) is 5.57. The summed E-state index contributed by atoms with van der Waals surface area (Å²) in [6.07, 6.45) is -4.16. The largest absolute Gasteiger partial charge is 0.490 e. The highest BCUT2D eigenvalue weighted by molar-refractivity contribution is 5.94. The van der Waals surface area contributed by atoms with Crippen LogP contribution in [0.15, 0.2) is 42.7 Å². The van der Waals surface area contributed by atoms with Gasteiger partial charge < -0.3 is 24.6 Å². The third kappa shape index (κ3) is 9.98. The lowest BCUT2D eigenvalue weighted by molar-refractivity contribution is -0.193. The van der Waals surface area contributed by atoms with Crippen molar-refractivity contribution in [2.75, 3.05) is 19.7 Å². The number of alkyl halides is 6. The first-order chi connectivity index (χ1) is 18.5. The van der Waals surface area contributed by atoms with Crippen molar-refractivity contribution in [2.24, 2.45) is 0 Å². The Kier molecular flexibility index (Phi) is 10.8. The molecule has 2 fully saturated rings. The highest BCUT2D eigenvalue weighted by Crippen LogP contribution is 2.36. The van der Waals surface area contributed by atoms with Gasteiger partial charge in [-0.05, 0) is 38.0 Å². The van der Waals surface area contributed by atoms with E-state index < -0.39 is 24.3 Å². The summed E-state index contributed by atoms with van der Waals surface area (Å²) in [5, 5.41) is 14.2. The van der Waals surface area contributed by atoms with E-state index >= 15 is 0 Å². The van der Waals surface area contributed by atoms with Crippen LogP contribution < -0.4 is 4.74 Å². The van der Waals surface area contributed by atoms with Gasteiger partial charge in [-0.15, -0.1) is 0 Å². The molecule has 1 amide bonds.